The van der Waals surface area contributed by atoms with Crippen LogP contribution >= 0.6 is 0 Å². The van der Waals surface area contributed by atoms with Crippen LogP contribution in [0.2, 0.25) is 0 Å². The van der Waals surface area contributed by atoms with Crippen molar-refractivity contribution in [2.24, 2.45) is 5.41 Å². The number of carboxylic acids is 1. The maximum Gasteiger partial charge on any atom is 0.310 e. The zero-order valence-corrected chi connectivity index (χ0v) is 12.3. The Morgan fingerprint density at radius 2 is 2.06 bits per heavy atom. The van der Waals surface area contributed by atoms with Crippen LogP contribution in [0.25, 0.3) is 0 Å². The van der Waals surface area contributed by atoms with Gasteiger partial charge in [0.05, 0.1) is 5.41 Å². The van der Waals surface area contributed by atoms with Crippen LogP contribution in [0.5, 0.6) is 0 Å². The van der Waals surface area contributed by atoms with Gasteiger partial charge in [0.2, 0.25) is 0 Å². The quantitative estimate of drug-likeness (QED) is 0.788. The number of hydrogen-bond acceptors (Lipinski definition) is 3. The molecule has 0 aromatic heterocycles. The summed E-state index contributed by atoms with van der Waals surface area (Å²) in [6, 6.07) is 0.568. The summed E-state index contributed by atoms with van der Waals surface area (Å²) < 4.78 is 0. The highest BCUT2D eigenvalue weighted by Gasteiger charge is 2.36. The van der Waals surface area contributed by atoms with Gasteiger partial charge in [-0.25, -0.2) is 0 Å². The fourth-order valence-corrected chi connectivity index (χ4v) is 2.89. The molecule has 4 heteroatoms. The molecule has 0 bridgehead atoms. The molecule has 106 valence electrons. The predicted molar refractivity (Wildman–Crippen MR) is 73.8 cm³/mol. The summed E-state index contributed by atoms with van der Waals surface area (Å²) in [5.41, 5.74) is -0.594. The standard InChI is InChI=1S/C14H28N2O2/c1-5-7-14(3,13(17)18)11-16-9-8-15(4)12(6-2)10-16/h12H,5-11H2,1-4H3,(H,17,18). The van der Waals surface area contributed by atoms with Crippen molar-refractivity contribution in [1.29, 1.82) is 0 Å². The van der Waals surface area contributed by atoms with E-state index in [9.17, 15) is 9.90 Å². The van der Waals surface area contributed by atoms with Crippen LogP contribution in [0.1, 0.15) is 40.0 Å². The molecule has 0 saturated carbocycles. The van der Waals surface area contributed by atoms with Crippen molar-refractivity contribution in [3.05, 3.63) is 0 Å². The lowest BCUT2D eigenvalue weighted by atomic mass is 9.84. The molecular weight excluding hydrogens is 228 g/mol. The van der Waals surface area contributed by atoms with Gasteiger partial charge >= 0.3 is 5.97 Å². The van der Waals surface area contributed by atoms with Crippen LogP contribution in [0.3, 0.4) is 0 Å². The van der Waals surface area contributed by atoms with Crippen molar-refractivity contribution in [1.82, 2.24) is 9.80 Å². The minimum absolute atomic E-state index is 0.568. The van der Waals surface area contributed by atoms with Crippen molar-refractivity contribution in [2.75, 3.05) is 33.2 Å². The average molecular weight is 256 g/mol. The van der Waals surface area contributed by atoms with E-state index in [4.69, 9.17) is 0 Å². The van der Waals surface area contributed by atoms with E-state index in [2.05, 4.69) is 30.7 Å². The minimum Gasteiger partial charge on any atom is -0.481 e. The molecule has 0 amide bonds. The smallest absolute Gasteiger partial charge is 0.310 e. The van der Waals surface area contributed by atoms with E-state index >= 15 is 0 Å². The number of carboxylic acid groups (broad SMARTS) is 1. The van der Waals surface area contributed by atoms with Gasteiger partial charge < -0.3 is 10.0 Å². The normalized spacial score (nSPS) is 25.9. The predicted octanol–water partition coefficient (Wildman–Crippen LogP) is 1.90. The number of likely N-dealkylation sites (N-methyl/N-ethyl adjacent to an activating group) is 1. The van der Waals surface area contributed by atoms with Crippen molar-refractivity contribution in [3.8, 4) is 0 Å². The third kappa shape index (κ3) is 3.69. The Morgan fingerprint density at radius 3 is 2.56 bits per heavy atom. The summed E-state index contributed by atoms with van der Waals surface area (Å²) in [5, 5.41) is 9.43. The van der Waals surface area contributed by atoms with Gasteiger partial charge in [0.1, 0.15) is 0 Å². The third-order valence-electron chi connectivity index (χ3n) is 4.22. The molecule has 0 spiro atoms. The van der Waals surface area contributed by atoms with Crippen LogP contribution in [-0.4, -0.2) is 60.1 Å². The lowest BCUT2D eigenvalue weighted by molar-refractivity contribution is -0.150. The molecule has 1 fully saturated rings. The van der Waals surface area contributed by atoms with Crippen molar-refractivity contribution in [2.45, 2.75) is 46.1 Å². The molecule has 1 rings (SSSR count). The van der Waals surface area contributed by atoms with Gasteiger partial charge in [-0.3, -0.25) is 9.69 Å². The number of rotatable bonds is 6. The summed E-state index contributed by atoms with van der Waals surface area (Å²) >= 11 is 0. The third-order valence-corrected chi connectivity index (χ3v) is 4.22. The van der Waals surface area contributed by atoms with Gasteiger partial charge in [0.15, 0.2) is 0 Å². The number of nitrogens with zero attached hydrogens (tertiary/aromatic N) is 2. The first-order valence-electron chi connectivity index (χ1n) is 7.09. The number of piperazine rings is 1. The SMILES string of the molecule is CCCC(C)(CN1CCN(C)C(CC)C1)C(=O)O. The Morgan fingerprint density at radius 1 is 1.39 bits per heavy atom. The van der Waals surface area contributed by atoms with Gasteiger partial charge in [-0.1, -0.05) is 20.3 Å². The Bertz CT molecular complexity index is 283. The minimum atomic E-state index is -0.656. The molecule has 1 aliphatic rings. The van der Waals surface area contributed by atoms with E-state index in [0.717, 1.165) is 38.9 Å². The first kappa shape index (κ1) is 15.4. The summed E-state index contributed by atoms with van der Waals surface area (Å²) in [4.78, 5) is 16.2. The molecule has 4 nitrogen and oxygen atoms in total. The fourth-order valence-electron chi connectivity index (χ4n) is 2.89. The van der Waals surface area contributed by atoms with Crippen molar-refractivity contribution < 1.29 is 9.90 Å². The van der Waals surface area contributed by atoms with Gasteiger partial charge in [-0.05, 0) is 26.8 Å². The van der Waals surface area contributed by atoms with E-state index in [-0.39, 0.29) is 0 Å². The lowest BCUT2D eigenvalue weighted by Crippen LogP contribution is -2.54. The largest absolute Gasteiger partial charge is 0.481 e. The van der Waals surface area contributed by atoms with E-state index in [0.29, 0.717) is 12.6 Å². The summed E-state index contributed by atoms with van der Waals surface area (Å²) in [7, 11) is 2.16. The van der Waals surface area contributed by atoms with Crippen molar-refractivity contribution in [3.63, 3.8) is 0 Å². The van der Waals surface area contributed by atoms with Gasteiger partial charge in [0, 0.05) is 32.2 Å². The first-order valence-corrected chi connectivity index (χ1v) is 7.09. The first-order chi connectivity index (χ1) is 8.42. The molecule has 0 aliphatic carbocycles. The highest BCUT2D eigenvalue weighted by atomic mass is 16.4. The average Bonchev–Trinajstić information content (AvgIpc) is 2.31. The van der Waals surface area contributed by atoms with Gasteiger partial charge in [-0.2, -0.15) is 0 Å². The number of hydrogen-bond donors (Lipinski definition) is 1. The number of aliphatic carboxylic acids is 1. The van der Waals surface area contributed by atoms with E-state index < -0.39 is 11.4 Å². The second-order valence-electron chi connectivity index (χ2n) is 5.89. The molecule has 0 aromatic rings. The molecule has 1 N–H and O–H groups in total. The summed E-state index contributed by atoms with van der Waals surface area (Å²) in [6.07, 6.45) is 2.81. The van der Waals surface area contributed by atoms with E-state index in [1.54, 1.807) is 0 Å². The maximum atomic E-state index is 11.5. The molecule has 1 aliphatic heterocycles. The van der Waals surface area contributed by atoms with E-state index in [1.807, 2.05) is 6.92 Å². The zero-order valence-electron chi connectivity index (χ0n) is 12.3. The van der Waals surface area contributed by atoms with Crippen LogP contribution in [0, 0.1) is 5.41 Å². The Kier molecular flexibility index (Phi) is 5.60. The highest BCUT2D eigenvalue weighted by Crippen LogP contribution is 2.26. The molecular formula is C14H28N2O2. The molecule has 1 saturated heterocycles. The Balaban J connectivity index is 2.62. The molecule has 2 atom stereocenters. The van der Waals surface area contributed by atoms with E-state index in [1.165, 1.54) is 0 Å². The van der Waals surface area contributed by atoms with Crippen LogP contribution in [0.15, 0.2) is 0 Å². The van der Waals surface area contributed by atoms with Gasteiger partial charge in [-0.15, -0.1) is 0 Å². The highest BCUT2D eigenvalue weighted by molar-refractivity contribution is 5.74. The van der Waals surface area contributed by atoms with Crippen molar-refractivity contribution >= 4 is 5.97 Å². The monoisotopic (exact) mass is 256 g/mol. The Hall–Kier alpha value is -0.610. The zero-order chi connectivity index (χ0) is 13.8. The molecule has 1 heterocycles. The van der Waals surface area contributed by atoms with Gasteiger partial charge in [0.25, 0.3) is 0 Å². The lowest BCUT2D eigenvalue weighted by Gasteiger charge is -2.42. The fraction of sp³-hybridized carbons (Fsp3) is 0.929. The second kappa shape index (κ2) is 6.53. The molecule has 2 unspecified atom stereocenters. The maximum absolute atomic E-state index is 11.5. The summed E-state index contributed by atoms with van der Waals surface area (Å²) in [6.45, 7) is 9.85. The van der Waals surface area contributed by atoms with Crippen LogP contribution in [-0.2, 0) is 4.79 Å². The topological polar surface area (TPSA) is 43.8 Å². The van der Waals surface area contributed by atoms with Crippen LogP contribution < -0.4 is 0 Å². The Labute approximate surface area is 111 Å². The molecule has 18 heavy (non-hydrogen) atoms. The molecule has 0 aromatic carbocycles. The number of carbonyl (C=O) groups is 1. The second-order valence-corrected chi connectivity index (χ2v) is 5.89. The van der Waals surface area contributed by atoms with Crippen LogP contribution in [0.4, 0.5) is 0 Å². The summed E-state index contributed by atoms with van der Waals surface area (Å²) in [5.74, 6) is -0.656. The molecule has 0 radical (unpaired) electrons.